The Morgan fingerprint density at radius 3 is 2.27 bits per heavy atom. The Balaban J connectivity index is 2.32. The average molecular weight is 408 g/mol. The topological polar surface area (TPSA) is 102 Å². The van der Waals surface area contributed by atoms with Gasteiger partial charge in [-0.1, -0.05) is 11.6 Å². The second-order valence-corrected chi connectivity index (χ2v) is 7.10. The van der Waals surface area contributed by atoms with Crippen molar-refractivity contribution in [2.45, 2.75) is 11.1 Å². The molecular weight excluding hydrogens is 399 g/mol. The fourth-order valence-corrected chi connectivity index (χ4v) is 3.02. The van der Waals surface area contributed by atoms with E-state index >= 15 is 0 Å². The van der Waals surface area contributed by atoms with E-state index in [0.29, 0.717) is 18.5 Å². The second kappa shape index (κ2) is 7.30. The molecule has 0 radical (unpaired) electrons. The summed E-state index contributed by atoms with van der Waals surface area (Å²) in [7, 11) is -4.49. The Hall–Kier alpha value is -2.66. The molecule has 0 saturated carbocycles. The normalized spacial score (nSPS) is 12.7. The maximum atomic E-state index is 12.5. The first-order valence-electron chi connectivity index (χ1n) is 6.67. The van der Waals surface area contributed by atoms with Crippen LogP contribution in [-0.2, 0) is 16.0 Å². The molecule has 0 unspecified atom stereocenters. The smallest absolute Gasteiger partial charge is 0.340 e. The van der Waals surface area contributed by atoms with Crippen LogP contribution in [-0.4, -0.2) is 18.3 Å². The first kappa shape index (κ1) is 19.7. The number of aromatic nitrogens is 1. The largest absolute Gasteiger partial charge is 0.417 e. The highest BCUT2D eigenvalue weighted by Crippen LogP contribution is 2.29. The molecule has 0 saturated heterocycles. The first-order chi connectivity index (χ1) is 12.0. The highest BCUT2D eigenvalue weighted by molar-refractivity contribution is 7.95. The van der Waals surface area contributed by atoms with Gasteiger partial charge in [-0.05, 0) is 36.4 Å². The quantitative estimate of drug-likeness (QED) is 0.598. The van der Waals surface area contributed by atoms with E-state index in [9.17, 15) is 31.7 Å². The fraction of sp³-hybridized carbons (Fsp3) is 0.0714. The zero-order chi connectivity index (χ0) is 19.5. The Morgan fingerprint density at radius 1 is 1.19 bits per heavy atom. The molecule has 1 N–H and O–H groups in total. The van der Waals surface area contributed by atoms with Crippen LogP contribution in [0.1, 0.15) is 5.56 Å². The molecule has 0 aliphatic carbocycles. The molecule has 0 spiro atoms. The molecule has 12 heteroatoms. The number of benzene rings is 1. The summed E-state index contributed by atoms with van der Waals surface area (Å²) in [6, 6.07) is 6.28. The standard InChI is InChI=1S/C14H9ClF3N3O4S/c15-10-2-4-11(5-3-10)26(24,25)13(21(22)23)8-20-12-6-1-9(7-19-12)14(16,17)18/h1-8H,(H,19,20)/b13-8-. The maximum Gasteiger partial charge on any atom is 0.417 e. The number of anilines is 1. The third kappa shape index (κ3) is 4.49. The van der Waals surface area contributed by atoms with Crippen LogP contribution in [0.3, 0.4) is 0 Å². The van der Waals surface area contributed by atoms with Crippen molar-refractivity contribution in [1.82, 2.24) is 4.98 Å². The number of rotatable bonds is 5. The highest BCUT2D eigenvalue weighted by Gasteiger charge is 2.32. The predicted molar refractivity (Wildman–Crippen MR) is 86.6 cm³/mol. The van der Waals surface area contributed by atoms with Gasteiger partial charge in [0, 0.05) is 11.2 Å². The van der Waals surface area contributed by atoms with Crippen molar-refractivity contribution < 1.29 is 26.5 Å². The predicted octanol–water partition coefficient (Wildman–Crippen LogP) is 3.72. The zero-order valence-electron chi connectivity index (χ0n) is 12.6. The minimum absolute atomic E-state index is 0.205. The van der Waals surface area contributed by atoms with E-state index < -0.39 is 31.5 Å². The van der Waals surface area contributed by atoms with Gasteiger partial charge in [0.05, 0.1) is 21.6 Å². The molecule has 0 atom stereocenters. The fourth-order valence-electron chi connectivity index (χ4n) is 1.75. The van der Waals surface area contributed by atoms with Gasteiger partial charge in [-0.15, -0.1) is 0 Å². The van der Waals surface area contributed by atoms with Gasteiger partial charge >= 0.3 is 11.2 Å². The van der Waals surface area contributed by atoms with Crippen LogP contribution in [0.2, 0.25) is 5.02 Å². The second-order valence-electron chi connectivity index (χ2n) is 4.77. The van der Waals surface area contributed by atoms with Gasteiger partial charge in [0.15, 0.2) is 0 Å². The first-order valence-corrected chi connectivity index (χ1v) is 8.53. The lowest BCUT2D eigenvalue weighted by Gasteiger charge is -2.07. The lowest BCUT2D eigenvalue weighted by Crippen LogP contribution is -2.14. The van der Waals surface area contributed by atoms with Crippen LogP contribution < -0.4 is 5.32 Å². The van der Waals surface area contributed by atoms with Crippen molar-refractivity contribution in [2.24, 2.45) is 0 Å². The molecule has 1 aromatic heterocycles. The molecule has 0 aliphatic rings. The molecule has 0 aliphatic heterocycles. The van der Waals surface area contributed by atoms with E-state index in [1.54, 1.807) is 0 Å². The molecular formula is C14H9ClF3N3O4S. The van der Waals surface area contributed by atoms with Crippen LogP contribution in [0.5, 0.6) is 0 Å². The van der Waals surface area contributed by atoms with Crippen molar-refractivity contribution in [1.29, 1.82) is 0 Å². The van der Waals surface area contributed by atoms with Gasteiger partial charge in [0.2, 0.25) is 0 Å². The van der Waals surface area contributed by atoms with Gasteiger partial charge in [0.25, 0.3) is 9.84 Å². The minimum Gasteiger partial charge on any atom is -0.340 e. The van der Waals surface area contributed by atoms with Crippen molar-refractivity contribution >= 4 is 27.3 Å². The number of nitrogens with zero attached hydrogens (tertiary/aromatic N) is 2. The average Bonchev–Trinajstić information content (AvgIpc) is 2.54. The summed E-state index contributed by atoms with van der Waals surface area (Å²) in [6.07, 6.45) is -3.54. The van der Waals surface area contributed by atoms with Crippen molar-refractivity contribution in [3.8, 4) is 0 Å². The van der Waals surface area contributed by atoms with E-state index in [-0.39, 0.29) is 15.7 Å². The lowest BCUT2D eigenvalue weighted by atomic mass is 10.3. The van der Waals surface area contributed by atoms with Gasteiger partial charge in [-0.2, -0.15) is 13.2 Å². The lowest BCUT2D eigenvalue weighted by molar-refractivity contribution is -0.411. The van der Waals surface area contributed by atoms with E-state index in [1.807, 2.05) is 0 Å². The van der Waals surface area contributed by atoms with Crippen molar-refractivity contribution in [3.05, 3.63) is 74.5 Å². The summed E-state index contributed by atoms with van der Waals surface area (Å²) < 4.78 is 62.0. The molecule has 7 nitrogen and oxygen atoms in total. The molecule has 2 rings (SSSR count). The van der Waals surface area contributed by atoms with E-state index in [1.165, 1.54) is 12.1 Å². The van der Waals surface area contributed by atoms with Gasteiger partial charge in [0.1, 0.15) is 5.82 Å². The van der Waals surface area contributed by atoms with E-state index in [0.717, 1.165) is 18.2 Å². The summed E-state index contributed by atoms with van der Waals surface area (Å²) in [5.41, 5.74) is -1.02. The maximum absolute atomic E-state index is 12.5. The number of pyridine rings is 1. The number of sulfone groups is 1. The van der Waals surface area contributed by atoms with E-state index in [4.69, 9.17) is 11.6 Å². The number of hydrogen-bond acceptors (Lipinski definition) is 6. The molecule has 0 fully saturated rings. The SMILES string of the molecule is O=[N+]([O-])/C(=C/Nc1ccc(C(F)(F)F)cn1)S(=O)(=O)c1ccc(Cl)cc1. The summed E-state index contributed by atoms with van der Waals surface area (Å²) in [5, 5.41) is 12.4. The summed E-state index contributed by atoms with van der Waals surface area (Å²) in [4.78, 5) is 13.0. The number of nitrogens with one attached hydrogen (secondary N) is 1. The van der Waals surface area contributed by atoms with Crippen LogP contribution in [0, 0.1) is 10.1 Å². The summed E-state index contributed by atoms with van der Waals surface area (Å²) >= 11 is 5.65. The summed E-state index contributed by atoms with van der Waals surface area (Å²) in [5.74, 6) is -0.205. The highest BCUT2D eigenvalue weighted by atomic mass is 35.5. The van der Waals surface area contributed by atoms with Gasteiger partial charge in [-0.3, -0.25) is 10.1 Å². The third-order valence-electron chi connectivity index (χ3n) is 3.01. The third-order valence-corrected chi connectivity index (χ3v) is 4.98. The van der Waals surface area contributed by atoms with Crippen LogP contribution >= 0.6 is 11.6 Å². The number of hydrogen-bond donors (Lipinski definition) is 1. The van der Waals surface area contributed by atoms with Gasteiger partial charge in [-0.25, -0.2) is 13.4 Å². The number of alkyl halides is 3. The van der Waals surface area contributed by atoms with Crippen molar-refractivity contribution in [2.75, 3.05) is 5.32 Å². The number of halogens is 4. The number of nitro groups is 1. The van der Waals surface area contributed by atoms with Crippen molar-refractivity contribution in [3.63, 3.8) is 0 Å². The van der Waals surface area contributed by atoms with Crippen LogP contribution in [0.15, 0.2) is 58.7 Å². The monoisotopic (exact) mass is 407 g/mol. The molecule has 138 valence electrons. The zero-order valence-corrected chi connectivity index (χ0v) is 14.1. The molecule has 26 heavy (non-hydrogen) atoms. The molecule has 0 bridgehead atoms. The van der Waals surface area contributed by atoms with E-state index in [2.05, 4.69) is 10.3 Å². The Kier molecular flexibility index (Phi) is 5.52. The molecule has 0 amide bonds. The Morgan fingerprint density at radius 2 is 1.81 bits per heavy atom. The van der Waals surface area contributed by atoms with Crippen LogP contribution in [0.4, 0.5) is 19.0 Å². The Labute approximate surface area is 150 Å². The van der Waals surface area contributed by atoms with Crippen LogP contribution in [0.25, 0.3) is 0 Å². The minimum atomic E-state index is -4.59. The summed E-state index contributed by atoms with van der Waals surface area (Å²) in [6.45, 7) is 0. The van der Waals surface area contributed by atoms with Gasteiger partial charge < -0.3 is 5.32 Å². The molecule has 1 heterocycles. The Bertz CT molecular complexity index is 943. The molecule has 1 aromatic carbocycles. The molecule has 2 aromatic rings.